The molecule has 1 aromatic heterocycles. The van der Waals surface area contributed by atoms with E-state index in [1.165, 1.54) is 0 Å². The van der Waals surface area contributed by atoms with Gasteiger partial charge in [0, 0.05) is 22.8 Å². The third-order valence-corrected chi connectivity index (χ3v) is 4.94. The number of rotatable bonds is 2. The van der Waals surface area contributed by atoms with Crippen molar-refractivity contribution in [1.29, 1.82) is 0 Å². The molecule has 0 atom stereocenters. The molecule has 4 heteroatoms. The van der Waals surface area contributed by atoms with Gasteiger partial charge in [-0.3, -0.25) is 4.79 Å². The van der Waals surface area contributed by atoms with Crippen molar-refractivity contribution in [2.45, 2.75) is 46.5 Å². The fourth-order valence-electron chi connectivity index (χ4n) is 3.38. The minimum Gasteiger partial charge on any atom is -0.360 e. The van der Waals surface area contributed by atoms with Gasteiger partial charge in [0.25, 0.3) is 5.91 Å². The monoisotopic (exact) mass is 311 g/mol. The van der Waals surface area contributed by atoms with Gasteiger partial charge in [-0.15, -0.1) is 0 Å². The Morgan fingerprint density at radius 2 is 1.91 bits per heavy atom. The van der Waals surface area contributed by atoms with Gasteiger partial charge in [-0.2, -0.15) is 5.10 Å². The van der Waals surface area contributed by atoms with Gasteiger partial charge in [-0.25, -0.2) is 5.43 Å². The minimum absolute atomic E-state index is 0.145. The number of hydrazone groups is 1. The highest BCUT2D eigenvalue weighted by atomic mass is 16.2. The Labute approximate surface area is 137 Å². The van der Waals surface area contributed by atoms with Crippen LogP contribution in [0.3, 0.4) is 0 Å². The zero-order valence-electron chi connectivity index (χ0n) is 14.1. The van der Waals surface area contributed by atoms with Crippen molar-refractivity contribution in [1.82, 2.24) is 10.4 Å². The number of H-pyrrole nitrogens is 1. The first-order chi connectivity index (χ1) is 10.9. The number of aromatic nitrogens is 1. The molecular weight excluding hydrogens is 286 g/mol. The molecule has 4 nitrogen and oxygen atoms in total. The Balaban J connectivity index is 1.63. The van der Waals surface area contributed by atoms with Crippen molar-refractivity contribution >= 4 is 22.5 Å². The normalized spacial score (nSPS) is 18.9. The summed E-state index contributed by atoms with van der Waals surface area (Å²) in [5.41, 5.74) is 5.81. The van der Waals surface area contributed by atoms with Gasteiger partial charge in [-0.05, 0) is 43.1 Å². The topological polar surface area (TPSA) is 57.2 Å². The molecule has 0 unspecified atom stereocenters. The molecule has 2 N–H and O–H groups in total. The van der Waals surface area contributed by atoms with E-state index in [2.05, 4.69) is 36.3 Å². The lowest BCUT2D eigenvalue weighted by molar-refractivity contribution is 0.0956. The fourth-order valence-corrected chi connectivity index (χ4v) is 3.38. The zero-order valence-corrected chi connectivity index (χ0v) is 14.1. The molecule has 0 spiro atoms. The largest absolute Gasteiger partial charge is 0.360 e. The molecule has 1 aromatic carbocycles. The summed E-state index contributed by atoms with van der Waals surface area (Å²) in [4.78, 5) is 15.5. The molecule has 1 amide bonds. The predicted octanol–water partition coefficient (Wildman–Crippen LogP) is 4.49. The number of nitrogens with zero attached hydrogens (tertiary/aromatic N) is 1. The number of amides is 1. The number of hydrogen-bond donors (Lipinski definition) is 2. The fraction of sp³-hybridized carbons (Fsp3) is 0.474. The number of para-hydroxylation sites is 1. The van der Waals surface area contributed by atoms with Crippen molar-refractivity contribution in [2.24, 2.45) is 16.4 Å². The van der Waals surface area contributed by atoms with E-state index in [1.807, 2.05) is 24.3 Å². The molecule has 1 fully saturated rings. The molecular formula is C19H25N3O. The summed E-state index contributed by atoms with van der Waals surface area (Å²) >= 11 is 0. The zero-order chi connectivity index (χ0) is 16.4. The molecule has 1 heterocycles. The lowest BCUT2D eigenvalue weighted by atomic mass is 9.72. The predicted molar refractivity (Wildman–Crippen MR) is 94.6 cm³/mol. The van der Waals surface area contributed by atoms with Crippen LogP contribution in [0.1, 0.15) is 56.8 Å². The van der Waals surface area contributed by atoms with E-state index in [9.17, 15) is 4.79 Å². The molecule has 1 aliphatic rings. The van der Waals surface area contributed by atoms with Crippen LogP contribution in [0.15, 0.2) is 35.6 Å². The first-order valence-corrected chi connectivity index (χ1v) is 8.37. The third kappa shape index (κ3) is 3.46. The summed E-state index contributed by atoms with van der Waals surface area (Å²) in [7, 11) is 0. The molecule has 23 heavy (non-hydrogen) atoms. The summed E-state index contributed by atoms with van der Waals surface area (Å²) in [6.45, 7) is 6.91. The van der Waals surface area contributed by atoms with E-state index in [1.54, 1.807) is 6.20 Å². The second kappa shape index (κ2) is 6.19. The van der Waals surface area contributed by atoms with Crippen LogP contribution in [0.2, 0.25) is 0 Å². The summed E-state index contributed by atoms with van der Waals surface area (Å²) in [6.07, 6.45) is 6.03. The maximum absolute atomic E-state index is 12.3. The molecule has 0 saturated heterocycles. The number of aromatic amines is 1. The lowest BCUT2D eigenvalue weighted by Gasteiger charge is -2.34. The van der Waals surface area contributed by atoms with Gasteiger partial charge < -0.3 is 4.98 Å². The second-order valence-electron chi connectivity index (χ2n) is 7.51. The Hall–Kier alpha value is -2.10. The summed E-state index contributed by atoms with van der Waals surface area (Å²) < 4.78 is 0. The molecule has 1 saturated carbocycles. The number of hydrogen-bond acceptors (Lipinski definition) is 2. The van der Waals surface area contributed by atoms with Gasteiger partial charge in [0.2, 0.25) is 0 Å². The molecule has 2 aromatic rings. The van der Waals surface area contributed by atoms with E-state index < -0.39 is 0 Å². The smallest absolute Gasteiger partial charge is 0.273 e. The van der Waals surface area contributed by atoms with Gasteiger partial charge in [-0.1, -0.05) is 39.0 Å². The number of carbonyl (C=O) groups excluding carboxylic acids is 1. The van der Waals surface area contributed by atoms with Gasteiger partial charge in [0.05, 0.1) is 5.56 Å². The molecule has 0 bridgehead atoms. The van der Waals surface area contributed by atoms with Gasteiger partial charge >= 0.3 is 0 Å². The highest BCUT2D eigenvalue weighted by Crippen LogP contribution is 2.36. The molecule has 3 rings (SSSR count). The molecule has 122 valence electrons. The summed E-state index contributed by atoms with van der Waals surface area (Å²) in [5, 5.41) is 5.30. The Morgan fingerprint density at radius 1 is 1.22 bits per heavy atom. The van der Waals surface area contributed by atoms with Crippen LogP contribution >= 0.6 is 0 Å². The van der Waals surface area contributed by atoms with Crippen molar-refractivity contribution in [3.63, 3.8) is 0 Å². The Kier molecular flexibility index (Phi) is 4.24. The van der Waals surface area contributed by atoms with Crippen LogP contribution in [0.4, 0.5) is 0 Å². The van der Waals surface area contributed by atoms with Crippen LogP contribution < -0.4 is 5.43 Å². The number of fused-ring (bicyclic) bond motifs is 1. The average Bonchev–Trinajstić information content (AvgIpc) is 2.96. The van der Waals surface area contributed by atoms with Crippen LogP contribution in [0.5, 0.6) is 0 Å². The van der Waals surface area contributed by atoms with E-state index >= 15 is 0 Å². The van der Waals surface area contributed by atoms with Crippen molar-refractivity contribution in [3.05, 3.63) is 36.0 Å². The SMILES string of the molecule is CC(C)(C)C1CCC(=NNC(=O)c2c[nH]c3ccccc23)CC1. The number of carbonyl (C=O) groups is 1. The number of benzene rings is 1. The first kappa shape index (κ1) is 15.8. The van der Waals surface area contributed by atoms with Crippen LogP contribution in [-0.2, 0) is 0 Å². The standard InChI is InChI=1S/C19H25N3O/c1-19(2,3)13-8-10-14(11-9-13)21-22-18(23)16-12-20-17-7-5-4-6-15(16)17/h4-7,12-13,20H,8-11H2,1-3H3,(H,22,23). The highest BCUT2D eigenvalue weighted by molar-refractivity contribution is 6.07. The van der Waals surface area contributed by atoms with Crippen LogP contribution in [0.25, 0.3) is 10.9 Å². The average molecular weight is 311 g/mol. The van der Waals surface area contributed by atoms with Crippen LogP contribution in [0, 0.1) is 11.3 Å². The minimum atomic E-state index is -0.145. The lowest BCUT2D eigenvalue weighted by Crippen LogP contribution is -2.27. The third-order valence-electron chi connectivity index (χ3n) is 4.94. The van der Waals surface area contributed by atoms with E-state index in [0.717, 1.165) is 48.2 Å². The summed E-state index contributed by atoms with van der Waals surface area (Å²) in [5.74, 6) is 0.596. The molecule has 0 aliphatic heterocycles. The second-order valence-corrected chi connectivity index (χ2v) is 7.51. The van der Waals surface area contributed by atoms with Gasteiger partial charge in [0.1, 0.15) is 0 Å². The maximum Gasteiger partial charge on any atom is 0.273 e. The first-order valence-electron chi connectivity index (χ1n) is 8.37. The molecule has 0 radical (unpaired) electrons. The van der Waals surface area contributed by atoms with Crippen molar-refractivity contribution < 1.29 is 4.79 Å². The highest BCUT2D eigenvalue weighted by Gasteiger charge is 2.28. The maximum atomic E-state index is 12.3. The Morgan fingerprint density at radius 3 is 2.61 bits per heavy atom. The van der Waals surface area contributed by atoms with Gasteiger partial charge in [0.15, 0.2) is 0 Å². The quantitative estimate of drug-likeness (QED) is 0.789. The van der Waals surface area contributed by atoms with E-state index in [-0.39, 0.29) is 5.91 Å². The van der Waals surface area contributed by atoms with Crippen LogP contribution in [-0.4, -0.2) is 16.6 Å². The summed E-state index contributed by atoms with van der Waals surface area (Å²) in [6, 6.07) is 7.80. The Bertz CT molecular complexity index is 726. The van der Waals surface area contributed by atoms with E-state index in [4.69, 9.17) is 0 Å². The van der Waals surface area contributed by atoms with E-state index in [0.29, 0.717) is 11.0 Å². The van der Waals surface area contributed by atoms with Crippen molar-refractivity contribution in [2.75, 3.05) is 0 Å². The van der Waals surface area contributed by atoms with Crippen molar-refractivity contribution in [3.8, 4) is 0 Å². The number of nitrogens with one attached hydrogen (secondary N) is 2. The molecule has 1 aliphatic carbocycles.